The van der Waals surface area contributed by atoms with Crippen molar-refractivity contribution in [1.82, 2.24) is 0 Å². The Hall–Kier alpha value is -1.15. The van der Waals surface area contributed by atoms with Gasteiger partial charge in [-0.05, 0) is 24.7 Å². The number of aliphatic carboxylic acids is 2. The molecule has 8 heteroatoms. The molecule has 0 saturated heterocycles. The minimum absolute atomic E-state index is 0.103. The van der Waals surface area contributed by atoms with Gasteiger partial charge in [0, 0.05) is 0 Å². The van der Waals surface area contributed by atoms with E-state index in [1.54, 1.807) is 13.8 Å². The van der Waals surface area contributed by atoms with E-state index in [0.29, 0.717) is 25.7 Å². The van der Waals surface area contributed by atoms with Crippen LogP contribution < -0.4 is 0 Å². The normalized spacial score (nSPS) is 16.1. The molecule has 0 aliphatic heterocycles. The van der Waals surface area contributed by atoms with Crippen LogP contribution in [-0.2, 0) is 19.7 Å². The second kappa shape index (κ2) is 9.36. The lowest BCUT2D eigenvalue weighted by Gasteiger charge is -2.35. The van der Waals surface area contributed by atoms with Crippen LogP contribution in [0.2, 0.25) is 0 Å². The van der Waals surface area contributed by atoms with Crippen molar-refractivity contribution in [2.75, 3.05) is 0 Å². The summed E-state index contributed by atoms with van der Waals surface area (Å²) >= 11 is 0. The van der Waals surface area contributed by atoms with Crippen LogP contribution in [0.25, 0.3) is 0 Å². The molecule has 0 aliphatic carbocycles. The van der Waals surface area contributed by atoms with Gasteiger partial charge in [-0.3, -0.25) is 14.1 Å². The zero-order valence-electron chi connectivity index (χ0n) is 14.9. The van der Waals surface area contributed by atoms with E-state index in [0.717, 1.165) is 0 Å². The zero-order chi connectivity index (χ0) is 19.1. The smallest absolute Gasteiger partial charge is 0.328 e. The summed E-state index contributed by atoms with van der Waals surface area (Å²) in [6.45, 7) is 7.23. The van der Waals surface area contributed by atoms with Crippen molar-refractivity contribution in [3.63, 3.8) is 0 Å². The van der Waals surface area contributed by atoms with Crippen LogP contribution in [-0.4, -0.2) is 39.9 Å². The fourth-order valence-corrected chi connectivity index (χ4v) is 4.45. The number of carboxylic acid groups (broad SMARTS) is 2. The SMILES string of the molecule is CCC(CC)CC(C(=O)O)C(CC(CC)CC)(C(=O)O)S(=O)(=O)O. The Morgan fingerprint density at radius 1 is 0.917 bits per heavy atom. The van der Waals surface area contributed by atoms with Crippen molar-refractivity contribution in [1.29, 1.82) is 0 Å². The molecule has 3 N–H and O–H groups in total. The molecule has 0 saturated carbocycles. The lowest BCUT2D eigenvalue weighted by molar-refractivity contribution is -0.153. The molecule has 0 aromatic carbocycles. The summed E-state index contributed by atoms with van der Waals surface area (Å²) in [5.74, 6) is -5.45. The third kappa shape index (κ3) is 4.92. The highest BCUT2D eigenvalue weighted by molar-refractivity contribution is 7.88. The predicted molar refractivity (Wildman–Crippen MR) is 90.4 cm³/mol. The second-order valence-electron chi connectivity index (χ2n) is 6.37. The molecule has 0 aromatic heterocycles. The van der Waals surface area contributed by atoms with Gasteiger partial charge in [-0.15, -0.1) is 0 Å². The molecule has 0 amide bonds. The fraction of sp³-hybridized carbons (Fsp3) is 0.875. The Morgan fingerprint density at radius 3 is 1.58 bits per heavy atom. The van der Waals surface area contributed by atoms with Gasteiger partial charge in [-0.2, -0.15) is 8.42 Å². The molecule has 0 heterocycles. The highest BCUT2D eigenvalue weighted by atomic mass is 32.2. The molecule has 2 unspecified atom stereocenters. The summed E-state index contributed by atoms with van der Waals surface area (Å²) < 4.78 is 31.2. The first-order valence-corrected chi connectivity index (χ1v) is 9.88. The number of hydrogen-bond donors (Lipinski definition) is 3. The van der Waals surface area contributed by atoms with Crippen LogP contribution in [0.15, 0.2) is 0 Å². The first kappa shape index (κ1) is 22.9. The Labute approximate surface area is 144 Å². The van der Waals surface area contributed by atoms with E-state index in [2.05, 4.69) is 0 Å². The number of rotatable bonds is 12. The summed E-state index contributed by atoms with van der Waals surface area (Å²) in [7, 11) is -5.13. The van der Waals surface area contributed by atoms with Crippen LogP contribution in [0.1, 0.15) is 66.2 Å². The maximum atomic E-state index is 12.1. The van der Waals surface area contributed by atoms with Crippen molar-refractivity contribution in [3.05, 3.63) is 0 Å². The quantitative estimate of drug-likeness (QED) is 0.453. The van der Waals surface area contributed by atoms with E-state index in [4.69, 9.17) is 0 Å². The summed E-state index contributed by atoms with van der Waals surface area (Å²) in [6.07, 6.45) is 1.69. The molecular weight excluding hydrogens is 336 g/mol. The monoisotopic (exact) mass is 366 g/mol. The molecular formula is C16H30O7S. The van der Waals surface area contributed by atoms with Crippen molar-refractivity contribution < 1.29 is 32.8 Å². The molecule has 0 fully saturated rings. The summed E-state index contributed by atoms with van der Waals surface area (Å²) in [5, 5.41) is 19.3. The first-order chi connectivity index (χ1) is 11.0. The Balaban J connectivity index is 6.29. The molecule has 24 heavy (non-hydrogen) atoms. The highest BCUT2D eigenvalue weighted by Gasteiger charge is 2.60. The standard InChI is InChI=1S/C16H30O7S/c1-5-11(6-2)9-13(14(17)18)16(15(19)20,24(21,22)23)10-12(7-3)8-4/h11-13H,5-10H2,1-4H3,(H,17,18)(H,19,20)(H,21,22,23). The first-order valence-electron chi connectivity index (χ1n) is 8.44. The van der Waals surface area contributed by atoms with Crippen molar-refractivity contribution in [3.8, 4) is 0 Å². The number of carbonyl (C=O) groups is 2. The van der Waals surface area contributed by atoms with E-state index in [1.807, 2.05) is 13.8 Å². The van der Waals surface area contributed by atoms with Crippen LogP contribution >= 0.6 is 0 Å². The van der Waals surface area contributed by atoms with Gasteiger partial charge >= 0.3 is 11.9 Å². The van der Waals surface area contributed by atoms with E-state index in [-0.39, 0.29) is 18.3 Å². The second-order valence-corrected chi connectivity index (χ2v) is 8.04. The summed E-state index contributed by atoms with van der Waals surface area (Å²) in [5.41, 5.74) is 0. The van der Waals surface area contributed by atoms with Gasteiger partial charge < -0.3 is 10.2 Å². The molecule has 0 spiro atoms. The van der Waals surface area contributed by atoms with Crippen LogP contribution in [0, 0.1) is 17.8 Å². The molecule has 0 bridgehead atoms. The van der Waals surface area contributed by atoms with Gasteiger partial charge in [0.15, 0.2) is 0 Å². The largest absolute Gasteiger partial charge is 0.481 e. The van der Waals surface area contributed by atoms with E-state index < -0.39 is 39.1 Å². The summed E-state index contributed by atoms with van der Waals surface area (Å²) in [4.78, 5) is 23.7. The maximum Gasteiger partial charge on any atom is 0.328 e. The Morgan fingerprint density at radius 2 is 1.33 bits per heavy atom. The maximum absolute atomic E-state index is 12.1. The van der Waals surface area contributed by atoms with E-state index in [1.165, 1.54) is 0 Å². The topological polar surface area (TPSA) is 129 Å². The van der Waals surface area contributed by atoms with Crippen molar-refractivity contribution in [2.24, 2.45) is 17.8 Å². The molecule has 7 nitrogen and oxygen atoms in total. The lowest BCUT2D eigenvalue weighted by Crippen LogP contribution is -2.56. The molecule has 142 valence electrons. The molecule has 0 rings (SSSR count). The highest BCUT2D eigenvalue weighted by Crippen LogP contribution is 2.40. The van der Waals surface area contributed by atoms with Gasteiger partial charge in [0.2, 0.25) is 4.75 Å². The van der Waals surface area contributed by atoms with Crippen molar-refractivity contribution >= 4 is 22.1 Å². The average Bonchev–Trinajstić information content (AvgIpc) is 2.49. The minimum Gasteiger partial charge on any atom is -0.481 e. The molecule has 0 aliphatic rings. The van der Waals surface area contributed by atoms with Gasteiger partial charge in [0.1, 0.15) is 0 Å². The van der Waals surface area contributed by atoms with E-state index >= 15 is 0 Å². The third-order valence-electron chi connectivity index (χ3n) is 5.15. The van der Waals surface area contributed by atoms with Crippen LogP contribution in [0.3, 0.4) is 0 Å². The number of hydrogen-bond acceptors (Lipinski definition) is 4. The summed E-state index contributed by atoms with van der Waals surface area (Å²) in [6, 6.07) is 0. The molecule has 2 atom stereocenters. The van der Waals surface area contributed by atoms with Gasteiger partial charge in [0.25, 0.3) is 10.1 Å². The molecule has 0 aromatic rings. The van der Waals surface area contributed by atoms with Gasteiger partial charge in [0.05, 0.1) is 5.92 Å². The number of carboxylic acids is 2. The average molecular weight is 366 g/mol. The van der Waals surface area contributed by atoms with Gasteiger partial charge in [-0.1, -0.05) is 53.4 Å². The van der Waals surface area contributed by atoms with E-state index in [9.17, 15) is 32.8 Å². The molecule has 0 radical (unpaired) electrons. The van der Waals surface area contributed by atoms with Gasteiger partial charge in [-0.25, -0.2) is 0 Å². The van der Waals surface area contributed by atoms with Crippen LogP contribution in [0.4, 0.5) is 0 Å². The third-order valence-corrected chi connectivity index (χ3v) is 6.70. The Bertz CT molecular complexity index is 521. The zero-order valence-corrected chi connectivity index (χ0v) is 15.7. The Kier molecular flexibility index (Phi) is 8.91. The minimum atomic E-state index is -5.13. The van der Waals surface area contributed by atoms with Crippen LogP contribution in [0.5, 0.6) is 0 Å². The fourth-order valence-electron chi connectivity index (χ4n) is 3.23. The predicted octanol–water partition coefficient (Wildman–Crippen LogP) is 3.05. The lowest BCUT2D eigenvalue weighted by atomic mass is 9.76. The van der Waals surface area contributed by atoms with Crippen molar-refractivity contribution in [2.45, 2.75) is 71.0 Å².